The summed E-state index contributed by atoms with van der Waals surface area (Å²) in [5.41, 5.74) is 8.92. The zero-order valence-corrected chi connectivity index (χ0v) is 12.5. The molecule has 2 N–H and O–H groups in total. The van der Waals surface area contributed by atoms with Crippen LogP contribution >= 0.6 is 0 Å². The first-order valence-corrected chi connectivity index (χ1v) is 7.73. The normalized spacial score (nSPS) is 23.3. The Morgan fingerprint density at radius 2 is 2.15 bits per heavy atom. The summed E-state index contributed by atoms with van der Waals surface area (Å²) in [5.74, 6) is 2.31. The van der Waals surface area contributed by atoms with Gasteiger partial charge in [-0.3, -0.25) is 4.57 Å². The first-order valence-electron chi connectivity index (χ1n) is 7.73. The van der Waals surface area contributed by atoms with Gasteiger partial charge in [0.2, 0.25) is 5.95 Å². The molecule has 0 bridgehead atoms. The molecule has 0 aliphatic heterocycles. The van der Waals surface area contributed by atoms with Gasteiger partial charge in [0.05, 0.1) is 0 Å². The van der Waals surface area contributed by atoms with E-state index in [-0.39, 0.29) is 0 Å². The van der Waals surface area contributed by atoms with E-state index in [1.54, 1.807) is 0 Å². The van der Waals surface area contributed by atoms with Crippen molar-refractivity contribution >= 4 is 17.1 Å². The molecule has 108 valence electrons. The number of imidazole rings is 1. The third-order valence-electron chi connectivity index (χ3n) is 4.57. The molecule has 20 heavy (non-hydrogen) atoms. The summed E-state index contributed by atoms with van der Waals surface area (Å²) >= 11 is 0. The number of fused-ring (bicyclic) bond motifs is 1. The Kier molecular flexibility index (Phi) is 3.64. The predicted molar refractivity (Wildman–Crippen MR) is 82.4 cm³/mol. The molecule has 0 radical (unpaired) electrons. The van der Waals surface area contributed by atoms with Crippen molar-refractivity contribution in [3.05, 3.63) is 17.8 Å². The molecule has 0 spiro atoms. The van der Waals surface area contributed by atoms with Gasteiger partial charge in [-0.2, -0.15) is 0 Å². The average Bonchev–Trinajstić information content (AvgIpc) is 2.72. The van der Waals surface area contributed by atoms with Crippen LogP contribution in [0.1, 0.15) is 44.7 Å². The van der Waals surface area contributed by atoms with Crippen molar-refractivity contribution in [3.8, 4) is 0 Å². The summed E-state index contributed by atoms with van der Waals surface area (Å²) in [4.78, 5) is 9.01. The first-order chi connectivity index (χ1) is 9.63. The molecular weight excluding hydrogens is 248 g/mol. The van der Waals surface area contributed by atoms with Crippen LogP contribution in [-0.4, -0.2) is 14.5 Å². The molecule has 4 heteroatoms. The second kappa shape index (κ2) is 5.43. The summed E-state index contributed by atoms with van der Waals surface area (Å²) in [7, 11) is 0. The third-order valence-corrected chi connectivity index (χ3v) is 4.57. The lowest BCUT2D eigenvalue weighted by Crippen LogP contribution is -2.16. The molecule has 1 aliphatic carbocycles. The molecule has 2 heterocycles. The number of hydrogen-bond donors (Lipinski definition) is 1. The van der Waals surface area contributed by atoms with Crippen LogP contribution in [0.3, 0.4) is 0 Å². The second-order valence-corrected chi connectivity index (χ2v) is 6.34. The van der Waals surface area contributed by atoms with Crippen LogP contribution in [0, 0.1) is 18.8 Å². The number of hydrogen-bond acceptors (Lipinski definition) is 3. The van der Waals surface area contributed by atoms with Gasteiger partial charge in [-0.25, -0.2) is 9.97 Å². The number of pyridine rings is 1. The summed E-state index contributed by atoms with van der Waals surface area (Å²) in [5, 5.41) is 0. The van der Waals surface area contributed by atoms with Crippen LogP contribution in [0.4, 0.5) is 5.95 Å². The number of aromatic nitrogens is 3. The minimum absolute atomic E-state index is 0.599. The molecule has 3 rings (SSSR count). The van der Waals surface area contributed by atoms with Gasteiger partial charge < -0.3 is 5.73 Å². The topological polar surface area (TPSA) is 56.7 Å². The van der Waals surface area contributed by atoms with Gasteiger partial charge in [-0.05, 0) is 43.7 Å². The van der Waals surface area contributed by atoms with E-state index in [1.807, 2.05) is 19.1 Å². The lowest BCUT2D eigenvalue weighted by Gasteiger charge is -2.26. The van der Waals surface area contributed by atoms with E-state index in [1.165, 1.54) is 32.1 Å². The minimum Gasteiger partial charge on any atom is -0.369 e. The standard InChI is InChI=1S/C16H24N4/c1-11-4-3-5-13(10-11)8-9-20-15-14(19-16(20)17)7-6-12(2)18-15/h6-7,11,13H,3-5,8-10H2,1-2H3,(H2,17,19). The van der Waals surface area contributed by atoms with E-state index in [2.05, 4.69) is 21.5 Å². The van der Waals surface area contributed by atoms with Crippen LogP contribution < -0.4 is 5.73 Å². The highest BCUT2D eigenvalue weighted by Crippen LogP contribution is 2.31. The number of anilines is 1. The Balaban J connectivity index is 1.76. The average molecular weight is 272 g/mol. The van der Waals surface area contributed by atoms with Crippen LogP contribution in [0.2, 0.25) is 0 Å². The zero-order chi connectivity index (χ0) is 14.1. The number of aryl methyl sites for hydroxylation is 2. The molecule has 0 aromatic carbocycles. The Morgan fingerprint density at radius 3 is 2.95 bits per heavy atom. The highest BCUT2D eigenvalue weighted by molar-refractivity contribution is 5.74. The highest BCUT2D eigenvalue weighted by atomic mass is 15.2. The van der Waals surface area contributed by atoms with Gasteiger partial charge in [0, 0.05) is 12.2 Å². The van der Waals surface area contributed by atoms with Crippen LogP contribution in [0.25, 0.3) is 11.2 Å². The molecule has 4 nitrogen and oxygen atoms in total. The predicted octanol–water partition coefficient (Wildman–Crippen LogP) is 3.54. The Labute approximate surface area is 120 Å². The van der Waals surface area contributed by atoms with Crippen molar-refractivity contribution in [1.29, 1.82) is 0 Å². The number of rotatable bonds is 3. The summed E-state index contributed by atoms with van der Waals surface area (Å²) in [6.07, 6.45) is 6.69. The van der Waals surface area contributed by atoms with Gasteiger partial charge in [0.15, 0.2) is 5.65 Å². The van der Waals surface area contributed by atoms with Gasteiger partial charge in [-0.15, -0.1) is 0 Å². The molecule has 1 fully saturated rings. The van der Waals surface area contributed by atoms with Crippen molar-refractivity contribution in [1.82, 2.24) is 14.5 Å². The van der Waals surface area contributed by atoms with E-state index in [4.69, 9.17) is 5.73 Å². The van der Waals surface area contributed by atoms with E-state index in [0.29, 0.717) is 5.95 Å². The number of nitrogen functional groups attached to an aromatic ring is 1. The maximum atomic E-state index is 6.06. The second-order valence-electron chi connectivity index (χ2n) is 6.34. The summed E-state index contributed by atoms with van der Waals surface area (Å²) < 4.78 is 2.08. The van der Waals surface area contributed by atoms with Crippen LogP contribution in [0.5, 0.6) is 0 Å². The lowest BCUT2D eigenvalue weighted by molar-refractivity contribution is 0.262. The quantitative estimate of drug-likeness (QED) is 0.929. The Bertz CT molecular complexity index is 602. The number of nitrogens with zero attached hydrogens (tertiary/aromatic N) is 3. The van der Waals surface area contributed by atoms with Gasteiger partial charge in [-0.1, -0.05) is 26.2 Å². The van der Waals surface area contributed by atoms with Gasteiger partial charge >= 0.3 is 0 Å². The van der Waals surface area contributed by atoms with Gasteiger partial charge in [0.1, 0.15) is 5.52 Å². The van der Waals surface area contributed by atoms with E-state index < -0.39 is 0 Å². The largest absolute Gasteiger partial charge is 0.369 e. The fourth-order valence-electron chi connectivity index (χ4n) is 3.47. The zero-order valence-electron chi connectivity index (χ0n) is 12.5. The third kappa shape index (κ3) is 2.65. The molecule has 1 aliphatic rings. The van der Waals surface area contributed by atoms with Crippen molar-refractivity contribution in [2.24, 2.45) is 11.8 Å². The number of nitrogens with two attached hydrogens (primary N) is 1. The molecular formula is C16H24N4. The van der Waals surface area contributed by atoms with Crippen LogP contribution in [0.15, 0.2) is 12.1 Å². The molecule has 1 saturated carbocycles. The smallest absolute Gasteiger partial charge is 0.202 e. The monoisotopic (exact) mass is 272 g/mol. The van der Waals surface area contributed by atoms with E-state index >= 15 is 0 Å². The molecule has 2 unspecified atom stereocenters. The molecule has 2 aromatic heterocycles. The molecule has 2 atom stereocenters. The summed E-state index contributed by atoms with van der Waals surface area (Å²) in [6, 6.07) is 4.00. The van der Waals surface area contributed by atoms with E-state index in [9.17, 15) is 0 Å². The van der Waals surface area contributed by atoms with Crippen molar-refractivity contribution in [3.63, 3.8) is 0 Å². The Hall–Kier alpha value is -1.58. The fourth-order valence-corrected chi connectivity index (χ4v) is 3.47. The maximum absolute atomic E-state index is 6.06. The van der Waals surface area contributed by atoms with E-state index in [0.717, 1.165) is 35.2 Å². The lowest BCUT2D eigenvalue weighted by atomic mass is 9.81. The van der Waals surface area contributed by atoms with Crippen molar-refractivity contribution in [2.45, 2.75) is 52.5 Å². The van der Waals surface area contributed by atoms with Crippen molar-refractivity contribution in [2.75, 3.05) is 5.73 Å². The molecule has 2 aromatic rings. The molecule has 0 amide bonds. The highest BCUT2D eigenvalue weighted by Gasteiger charge is 2.19. The van der Waals surface area contributed by atoms with Crippen molar-refractivity contribution < 1.29 is 0 Å². The molecule has 0 saturated heterocycles. The van der Waals surface area contributed by atoms with Crippen LogP contribution in [-0.2, 0) is 6.54 Å². The minimum atomic E-state index is 0.599. The maximum Gasteiger partial charge on any atom is 0.202 e. The summed E-state index contributed by atoms with van der Waals surface area (Å²) in [6.45, 7) is 5.32. The first kappa shape index (κ1) is 13.4. The van der Waals surface area contributed by atoms with Gasteiger partial charge in [0.25, 0.3) is 0 Å². The Morgan fingerprint density at radius 1 is 1.30 bits per heavy atom. The SMILES string of the molecule is Cc1ccc2nc(N)n(CCC3CCCC(C)C3)c2n1. The fraction of sp³-hybridized carbons (Fsp3) is 0.625.